The molecule has 2 fully saturated rings. The van der Waals surface area contributed by atoms with Crippen molar-refractivity contribution in [1.82, 2.24) is 20.0 Å². The summed E-state index contributed by atoms with van der Waals surface area (Å²) in [5.41, 5.74) is 2.22. The van der Waals surface area contributed by atoms with E-state index in [2.05, 4.69) is 33.0 Å². The number of aryl methyl sites for hydroxylation is 1. The Labute approximate surface area is 108 Å². The van der Waals surface area contributed by atoms with Crippen LogP contribution in [0, 0.1) is 6.92 Å². The Kier molecular flexibility index (Phi) is 3.22. The van der Waals surface area contributed by atoms with E-state index in [1.54, 1.807) is 6.07 Å². The molecule has 2 bridgehead atoms. The van der Waals surface area contributed by atoms with E-state index < -0.39 is 0 Å². The van der Waals surface area contributed by atoms with Crippen LogP contribution in [0.1, 0.15) is 11.1 Å². The highest BCUT2D eigenvalue weighted by atomic mass is 16.3. The van der Waals surface area contributed by atoms with Crippen LogP contribution in [0.5, 0.6) is 5.75 Å². The first kappa shape index (κ1) is 11.9. The average Bonchev–Trinajstić information content (AvgIpc) is 2.33. The summed E-state index contributed by atoms with van der Waals surface area (Å²) >= 11 is 0. The van der Waals surface area contributed by atoms with Gasteiger partial charge in [-0.15, -0.1) is 0 Å². The molecule has 5 nitrogen and oxygen atoms in total. The molecule has 0 aliphatic carbocycles. The molecule has 0 aromatic heterocycles. The minimum Gasteiger partial charge on any atom is -0.508 e. The van der Waals surface area contributed by atoms with E-state index >= 15 is 0 Å². The fraction of sp³-hybridized carbons (Fsp3) is 0.538. The van der Waals surface area contributed by atoms with Crippen LogP contribution in [0.2, 0.25) is 0 Å². The Morgan fingerprint density at radius 3 is 2.61 bits per heavy atom. The summed E-state index contributed by atoms with van der Waals surface area (Å²) < 4.78 is 0. The fourth-order valence-corrected chi connectivity index (χ4v) is 2.73. The molecule has 2 heterocycles. The second kappa shape index (κ2) is 4.85. The van der Waals surface area contributed by atoms with Crippen molar-refractivity contribution in [3.05, 3.63) is 29.3 Å². The van der Waals surface area contributed by atoms with Gasteiger partial charge in [0.15, 0.2) is 0 Å². The maximum absolute atomic E-state index is 9.90. The first-order valence-electron chi connectivity index (χ1n) is 6.37. The summed E-state index contributed by atoms with van der Waals surface area (Å²) in [4.78, 5) is 7.08. The van der Waals surface area contributed by atoms with Crippen LogP contribution in [0.25, 0.3) is 0 Å². The number of nitrogens with zero attached hydrogens (tertiary/aromatic N) is 3. The van der Waals surface area contributed by atoms with E-state index in [4.69, 9.17) is 0 Å². The lowest BCUT2D eigenvalue weighted by atomic mass is 10.1. The van der Waals surface area contributed by atoms with Gasteiger partial charge in [-0.3, -0.25) is 20.0 Å². The molecule has 2 saturated heterocycles. The quantitative estimate of drug-likeness (QED) is 0.798. The van der Waals surface area contributed by atoms with Crippen molar-refractivity contribution in [2.24, 2.45) is 0 Å². The van der Waals surface area contributed by atoms with Gasteiger partial charge in [0.05, 0.1) is 33.3 Å². The van der Waals surface area contributed by atoms with Gasteiger partial charge in [-0.05, 0) is 13.0 Å². The fourth-order valence-electron chi connectivity index (χ4n) is 2.73. The van der Waals surface area contributed by atoms with Crippen LogP contribution in [-0.4, -0.2) is 53.1 Å². The maximum Gasteiger partial charge on any atom is 0.120 e. The second-order valence-corrected chi connectivity index (χ2v) is 5.29. The Hall–Kier alpha value is -1.14. The van der Waals surface area contributed by atoms with Gasteiger partial charge in [-0.25, -0.2) is 0 Å². The third kappa shape index (κ3) is 2.49. The van der Waals surface area contributed by atoms with E-state index in [0.29, 0.717) is 5.75 Å². The molecule has 2 aliphatic rings. The Morgan fingerprint density at radius 1 is 1.17 bits per heavy atom. The standard InChI is InChI=1S/C13H20N4O/c1-11-2-3-13(18)12(4-11)5-15-8-16-6-14-7-17(9-15)10-16/h2-4,14,18H,5-10H2,1H3. The number of nitrogens with one attached hydrogen (secondary N) is 1. The van der Waals surface area contributed by atoms with Crippen LogP contribution < -0.4 is 5.32 Å². The topological polar surface area (TPSA) is 42.0 Å². The number of hydrogen-bond acceptors (Lipinski definition) is 5. The maximum atomic E-state index is 9.90. The molecule has 1 aromatic carbocycles. The van der Waals surface area contributed by atoms with E-state index in [0.717, 1.165) is 45.5 Å². The third-order valence-electron chi connectivity index (χ3n) is 3.50. The predicted molar refractivity (Wildman–Crippen MR) is 69.5 cm³/mol. The summed E-state index contributed by atoms with van der Waals surface area (Å²) in [6.45, 7) is 7.72. The van der Waals surface area contributed by atoms with Gasteiger partial charge >= 0.3 is 0 Å². The number of benzene rings is 1. The van der Waals surface area contributed by atoms with Crippen molar-refractivity contribution >= 4 is 0 Å². The molecular weight excluding hydrogens is 228 g/mol. The molecule has 3 rings (SSSR count). The molecule has 5 heteroatoms. The van der Waals surface area contributed by atoms with E-state index in [1.807, 2.05) is 6.07 Å². The Balaban J connectivity index is 1.70. The summed E-state index contributed by atoms with van der Waals surface area (Å²) in [5, 5.41) is 13.3. The van der Waals surface area contributed by atoms with E-state index in [1.165, 1.54) is 5.56 Å². The van der Waals surface area contributed by atoms with Gasteiger partial charge in [-0.1, -0.05) is 17.7 Å². The molecule has 18 heavy (non-hydrogen) atoms. The van der Waals surface area contributed by atoms with Gasteiger partial charge in [-0.2, -0.15) is 0 Å². The van der Waals surface area contributed by atoms with E-state index in [9.17, 15) is 5.11 Å². The highest BCUT2D eigenvalue weighted by molar-refractivity contribution is 5.35. The zero-order valence-electron chi connectivity index (χ0n) is 10.8. The molecule has 2 atom stereocenters. The first-order chi connectivity index (χ1) is 8.70. The number of phenols is 1. The molecule has 1 aromatic rings. The van der Waals surface area contributed by atoms with Crippen molar-refractivity contribution in [2.75, 3.05) is 33.3 Å². The van der Waals surface area contributed by atoms with Crippen LogP contribution >= 0.6 is 0 Å². The molecule has 0 amide bonds. The predicted octanol–water partition coefficient (Wildman–Crippen LogP) is 0.511. The molecule has 0 radical (unpaired) electrons. The SMILES string of the molecule is Cc1ccc(O)c(CN2CN3CNCN(C3)C2)c1. The number of rotatable bonds is 2. The van der Waals surface area contributed by atoms with Gasteiger partial charge < -0.3 is 5.11 Å². The minimum atomic E-state index is 0.402. The third-order valence-corrected chi connectivity index (χ3v) is 3.50. The minimum absolute atomic E-state index is 0.402. The molecule has 2 N–H and O–H groups in total. The number of phenolic OH excluding ortho intramolecular Hbond substituents is 1. The van der Waals surface area contributed by atoms with Crippen molar-refractivity contribution in [3.63, 3.8) is 0 Å². The largest absolute Gasteiger partial charge is 0.508 e. The first-order valence-corrected chi connectivity index (χ1v) is 6.37. The van der Waals surface area contributed by atoms with Crippen molar-refractivity contribution < 1.29 is 5.11 Å². The summed E-state index contributed by atoms with van der Waals surface area (Å²) in [7, 11) is 0. The number of fused-ring (bicyclic) bond motifs is 2. The number of aromatic hydroxyl groups is 1. The number of hydrogen-bond donors (Lipinski definition) is 2. The van der Waals surface area contributed by atoms with Gasteiger partial charge in [0, 0.05) is 12.1 Å². The van der Waals surface area contributed by atoms with Gasteiger partial charge in [0.2, 0.25) is 0 Å². The monoisotopic (exact) mass is 248 g/mol. The zero-order valence-corrected chi connectivity index (χ0v) is 10.8. The lowest BCUT2D eigenvalue weighted by Gasteiger charge is -2.46. The summed E-state index contributed by atoms with van der Waals surface area (Å²) in [6.07, 6.45) is 0. The lowest BCUT2D eigenvalue weighted by molar-refractivity contribution is -0.0704. The molecule has 0 spiro atoms. The highest BCUT2D eigenvalue weighted by Gasteiger charge is 2.26. The summed E-state index contributed by atoms with van der Waals surface area (Å²) in [6, 6.07) is 5.81. The average molecular weight is 248 g/mol. The van der Waals surface area contributed by atoms with Crippen molar-refractivity contribution in [2.45, 2.75) is 13.5 Å². The molecule has 0 saturated carbocycles. The van der Waals surface area contributed by atoms with Crippen LogP contribution in [0.3, 0.4) is 0 Å². The van der Waals surface area contributed by atoms with Crippen LogP contribution in [0.4, 0.5) is 0 Å². The van der Waals surface area contributed by atoms with E-state index in [-0.39, 0.29) is 0 Å². The molecule has 2 aliphatic heterocycles. The Bertz CT molecular complexity index is 425. The Morgan fingerprint density at radius 2 is 1.89 bits per heavy atom. The van der Waals surface area contributed by atoms with Crippen molar-refractivity contribution in [1.29, 1.82) is 0 Å². The van der Waals surface area contributed by atoms with Crippen molar-refractivity contribution in [3.8, 4) is 5.75 Å². The van der Waals surface area contributed by atoms with Crippen LogP contribution in [-0.2, 0) is 6.54 Å². The highest BCUT2D eigenvalue weighted by Crippen LogP contribution is 2.21. The molecular formula is C13H20N4O. The lowest BCUT2D eigenvalue weighted by Crippen LogP contribution is -2.62. The normalized spacial score (nSPS) is 28.3. The molecule has 98 valence electrons. The second-order valence-electron chi connectivity index (χ2n) is 5.29. The van der Waals surface area contributed by atoms with Gasteiger partial charge in [0.25, 0.3) is 0 Å². The smallest absolute Gasteiger partial charge is 0.120 e. The van der Waals surface area contributed by atoms with Crippen LogP contribution in [0.15, 0.2) is 18.2 Å². The summed E-state index contributed by atoms with van der Waals surface area (Å²) in [5.74, 6) is 0.402. The zero-order chi connectivity index (χ0) is 12.5. The van der Waals surface area contributed by atoms with Gasteiger partial charge in [0.1, 0.15) is 5.75 Å². The molecule has 2 unspecified atom stereocenters.